The monoisotopic (exact) mass is 361 g/mol. The molecule has 1 aliphatic rings. The predicted molar refractivity (Wildman–Crippen MR) is 103 cm³/mol. The molecule has 0 spiro atoms. The maximum atomic E-state index is 12.4. The van der Waals surface area contributed by atoms with Gasteiger partial charge >= 0.3 is 5.97 Å². The van der Waals surface area contributed by atoms with E-state index < -0.39 is 5.97 Å². The van der Waals surface area contributed by atoms with E-state index in [4.69, 9.17) is 4.74 Å². The second kappa shape index (κ2) is 7.07. The fraction of sp³-hybridized carbons (Fsp3) is 0.190. The van der Waals surface area contributed by atoms with Gasteiger partial charge in [0, 0.05) is 30.6 Å². The zero-order valence-corrected chi connectivity index (χ0v) is 15.0. The molecule has 3 aromatic rings. The standard InChI is InChI=1S/C21H19N3O3/c1-23-13-17(16-9-5-6-10-19(16)23)21(26)27-14-20(25)24-12-11-18(22-24)15-7-3-2-4-8-15/h2-10,13H,11-12,14H2,1H3. The highest BCUT2D eigenvalue weighted by Gasteiger charge is 2.23. The molecule has 27 heavy (non-hydrogen) atoms. The van der Waals surface area contributed by atoms with Gasteiger partial charge in [-0.1, -0.05) is 48.5 Å². The van der Waals surface area contributed by atoms with Crippen molar-refractivity contribution in [3.8, 4) is 0 Å². The van der Waals surface area contributed by atoms with Crippen molar-refractivity contribution < 1.29 is 14.3 Å². The lowest BCUT2D eigenvalue weighted by atomic mass is 10.1. The third kappa shape index (κ3) is 3.33. The van der Waals surface area contributed by atoms with E-state index in [1.165, 1.54) is 5.01 Å². The smallest absolute Gasteiger partial charge is 0.340 e. The minimum atomic E-state index is -0.508. The highest BCUT2D eigenvalue weighted by atomic mass is 16.5. The van der Waals surface area contributed by atoms with Crippen LogP contribution in [0.5, 0.6) is 0 Å². The first-order chi connectivity index (χ1) is 13.1. The quantitative estimate of drug-likeness (QED) is 0.671. The maximum Gasteiger partial charge on any atom is 0.340 e. The highest BCUT2D eigenvalue weighted by Crippen LogP contribution is 2.21. The van der Waals surface area contributed by atoms with E-state index in [2.05, 4.69) is 5.10 Å². The van der Waals surface area contributed by atoms with Gasteiger partial charge in [0.25, 0.3) is 5.91 Å². The molecular formula is C21H19N3O3. The van der Waals surface area contributed by atoms with Crippen molar-refractivity contribution in [3.63, 3.8) is 0 Å². The number of para-hydroxylation sites is 1. The molecule has 0 bridgehead atoms. The largest absolute Gasteiger partial charge is 0.452 e. The number of hydrogen-bond acceptors (Lipinski definition) is 4. The minimum Gasteiger partial charge on any atom is -0.452 e. The summed E-state index contributed by atoms with van der Waals surface area (Å²) in [5.74, 6) is -0.832. The molecule has 0 N–H and O–H groups in total. The van der Waals surface area contributed by atoms with Gasteiger partial charge in [0.2, 0.25) is 0 Å². The number of ether oxygens (including phenoxy) is 1. The molecule has 1 aliphatic heterocycles. The van der Waals surface area contributed by atoms with Crippen molar-refractivity contribution in [2.45, 2.75) is 6.42 Å². The van der Waals surface area contributed by atoms with Crippen LogP contribution in [0.25, 0.3) is 10.9 Å². The van der Waals surface area contributed by atoms with E-state index >= 15 is 0 Å². The van der Waals surface area contributed by atoms with E-state index in [0.717, 1.165) is 22.2 Å². The van der Waals surface area contributed by atoms with Crippen LogP contribution in [0.1, 0.15) is 22.3 Å². The molecule has 0 atom stereocenters. The zero-order chi connectivity index (χ0) is 18.8. The normalized spacial score (nSPS) is 13.7. The topological polar surface area (TPSA) is 63.9 Å². The number of rotatable bonds is 4. The van der Waals surface area contributed by atoms with Gasteiger partial charge < -0.3 is 9.30 Å². The summed E-state index contributed by atoms with van der Waals surface area (Å²) in [6.07, 6.45) is 2.41. The van der Waals surface area contributed by atoms with Gasteiger partial charge in [0.05, 0.1) is 17.8 Å². The summed E-state index contributed by atoms with van der Waals surface area (Å²) < 4.78 is 7.12. The summed E-state index contributed by atoms with van der Waals surface area (Å²) in [6, 6.07) is 17.3. The van der Waals surface area contributed by atoms with Crippen LogP contribution in [0.4, 0.5) is 0 Å². The summed E-state index contributed by atoms with van der Waals surface area (Å²) in [5.41, 5.74) is 3.26. The molecule has 0 aliphatic carbocycles. The fourth-order valence-corrected chi connectivity index (χ4v) is 3.25. The highest BCUT2D eigenvalue weighted by molar-refractivity contribution is 6.05. The van der Waals surface area contributed by atoms with Crippen LogP contribution >= 0.6 is 0 Å². The summed E-state index contributed by atoms with van der Waals surface area (Å²) in [7, 11) is 1.87. The van der Waals surface area contributed by atoms with Crippen molar-refractivity contribution in [1.29, 1.82) is 0 Å². The Bertz CT molecular complexity index is 1040. The first-order valence-corrected chi connectivity index (χ1v) is 8.78. The van der Waals surface area contributed by atoms with Gasteiger partial charge in [0.15, 0.2) is 6.61 Å². The molecule has 0 unspecified atom stereocenters. The fourth-order valence-electron chi connectivity index (χ4n) is 3.25. The number of hydrazone groups is 1. The summed E-state index contributed by atoms with van der Waals surface area (Å²) in [4.78, 5) is 24.8. The van der Waals surface area contributed by atoms with Crippen molar-refractivity contribution in [2.24, 2.45) is 12.1 Å². The Hall–Kier alpha value is -3.41. The molecule has 6 nitrogen and oxygen atoms in total. The van der Waals surface area contributed by atoms with Crippen molar-refractivity contribution in [2.75, 3.05) is 13.2 Å². The van der Waals surface area contributed by atoms with Crippen molar-refractivity contribution in [1.82, 2.24) is 9.58 Å². The molecule has 0 radical (unpaired) electrons. The lowest BCUT2D eigenvalue weighted by molar-refractivity contribution is -0.134. The number of carbonyl (C=O) groups is 2. The third-order valence-corrected chi connectivity index (χ3v) is 4.64. The van der Waals surface area contributed by atoms with Crippen LogP contribution in [-0.4, -0.2) is 40.3 Å². The molecule has 2 heterocycles. The molecule has 1 amide bonds. The van der Waals surface area contributed by atoms with Crippen LogP contribution in [0, 0.1) is 0 Å². The number of aromatic nitrogens is 1. The number of nitrogens with zero attached hydrogens (tertiary/aromatic N) is 3. The second-order valence-electron chi connectivity index (χ2n) is 6.43. The van der Waals surface area contributed by atoms with Crippen LogP contribution < -0.4 is 0 Å². The number of carbonyl (C=O) groups excluding carboxylic acids is 2. The summed E-state index contributed by atoms with van der Waals surface area (Å²) >= 11 is 0. The summed E-state index contributed by atoms with van der Waals surface area (Å²) in [6.45, 7) is 0.169. The number of hydrogen-bond donors (Lipinski definition) is 0. The molecule has 1 aromatic heterocycles. The molecule has 2 aromatic carbocycles. The molecule has 0 saturated heterocycles. The van der Waals surface area contributed by atoms with E-state index in [1.807, 2.05) is 66.2 Å². The van der Waals surface area contributed by atoms with Gasteiger partial charge in [0.1, 0.15) is 0 Å². The number of esters is 1. The third-order valence-electron chi connectivity index (χ3n) is 4.64. The van der Waals surface area contributed by atoms with Gasteiger partial charge in [-0.3, -0.25) is 4.79 Å². The van der Waals surface area contributed by atoms with Gasteiger partial charge in [-0.25, -0.2) is 9.80 Å². The van der Waals surface area contributed by atoms with E-state index in [0.29, 0.717) is 18.5 Å². The van der Waals surface area contributed by atoms with Crippen LogP contribution in [0.15, 0.2) is 65.9 Å². The Labute approximate surface area is 156 Å². The number of amides is 1. The van der Waals surface area contributed by atoms with Crippen LogP contribution in [-0.2, 0) is 16.6 Å². The lowest BCUT2D eigenvalue weighted by Gasteiger charge is -2.11. The van der Waals surface area contributed by atoms with Crippen molar-refractivity contribution >= 4 is 28.5 Å². The molecule has 4 rings (SSSR count). The maximum absolute atomic E-state index is 12.4. The first-order valence-electron chi connectivity index (χ1n) is 8.78. The number of benzene rings is 2. The Balaban J connectivity index is 1.42. The van der Waals surface area contributed by atoms with E-state index in [-0.39, 0.29) is 12.5 Å². The van der Waals surface area contributed by atoms with Crippen molar-refractivity contribution in [3.05, 3.63) is 71.9 Å². The molecular weight excluding hydrogens is 342 g/mol. The Kier molecular flexibility index (Phi) is 4.46. The van der Waals surface area contributed by atoms with Gasteiger partial charge in [-0.15, -0.1) is 0 Å². The minimum absolute atomic E-state index is 0.325. The molecule has 136 valence electrons. The molecule has 6 heteroatoms. The summed E-state index contributed by atoms with van der Waals surface area (Å²) in [5, 5.41) is 6.55. The lowest BCUT2D eigenvalue weighted by Crippen LogP contribution is -2.28. The molecule has 0 fully saturated rings. The van der Waals surface area contributed by atoms with Crippen LogP contribution in [0.3, 0.4) is 0 Å². The van der Waals surface area contributed by atoms with E-state index in [1.54, 1.807) is 6.20 Å². The van der Waals surface area contributed by atoms with Gasteiger partial charge in [-0.2, -0.15) is 5.10 Å². The first kappa shape index (κ1) is 17.0. The van der Waals surface area contributed by atoms with E-state index in [9.17, 15) is 9.59 Å². The zero-order valence-electron chi connectivity index (χ0n) is 15.0. The average molecular weight is 361 g/mol. The second-order valence-corrected chi connectivity index (χ2v) is 6.43. The van der Waals surface area contributed by atoms with Gasteiger partial charge in [-0.05, 0) is 11.6 Å². The number of aryl methyl sites for hydroxylation is 1. The Morgan fingerprint density at radius 1 is 1.07 bits per heavy atom. The SMILES string of the molecule is Cn1cc(C(=O)OCC(=O)N2CCC(c3ccccc3)=N2)c2ccccc21. The Morgan fingerprint density at radius 3 is 2.63 bits per heavy atom. The number of fused-ring (bicyclic) bond motifs is 1. The predicted octanol–water partition coefficient (Wildman–Crippen LogP) is 2.97. The average Bonchev–Trinajstić information content (AvgIpc) is 3.32. The van der Waals surface area contributed by atoms with Crippen LogP contribution in [0.2, 0.25) is 0 Å². The molecule has 0 saturated carbocycles. The Morgan fingerprint density at radius 2 is 1.81 bits per heavy atom.